The van der Waals surface area contributed by atoms with Crippen LogP contribution in [0.25, 0.3) is 0 Å². The molecule has 0 spiro atoms. The smallest absolute Gasteiger partial charge is 0.260 e. The van der Waals surface area contributed by atoms with Crippen molar-refractivity contribution in [2.24, 2.45) is 11.8 Å². The van der Waals surface area contributed by atoms with E-state index in [1.165, 1.54) is 0 Å². The minimum absolute atomic E-state index is 0.104. The molecule has 4 aliphatic rings. The van der Waals surface area contributed by atoms with Gasteiger partial charge in [-0.1, -0.05) is 0 Å². The van der Waals surface area contributed by atoms with Crippen molar-refractivity contribution in [1.82, 2.24) is 9.80 Å². The number of hydrogen-bond acceptors (Lipinski definition) is 3. The van der Waals surface area contributed by atoms with E-state index in [2.05, 4.69) is 0 Å². The number of fused-ring (bicyclic) bond motifs is 1. The van der Waals surface area contributed by atoms with Crippen LogP contribution in [0.4, 0.5) is 4.39 Å². The topological polar surface area (TPSA) is 49.9 Å². The number of likely N-dealkylation sites (tertiary alicyclic amines) is 2. The zero-order chi connectivity index (χ0) is 16.0. The highest BCUT2D eigenvalue weighted by Gasteiger charge is 2.52. The van der Waals surface area contributed by atoms with Gasteiger partial charge in [-0.3, -0.25) is 9.59 Å². The molecule has 4 rings (SSSR count). The van der Waals surface area contributed by atoms with Crippen molar-refractivity contribution in [2.45, 2.75) is 50.3 Å². The highest BCUT2D eigenvalue weighted by atomic mass is 19.1. The molecule has 0 bridgehead atoms. The first-order valence-corrected chi connectivity index (χ1v) is 8.97. The van der Waals surface area contributed by atoms with Crippen molar-refractivity contribution in [3.63, 3.8) is 0 Å². The molecule has 2 amide bonds. The number of amides is 2. The monoisotopic (exact) mass is 324 g/mol. The lowest BCUT2D eigenvalue weighted by molar-refractivity contribution is -0.158. The quantitative estimate of drug-likeness (QED) is 0.771. The van der Waals surface area contributed by atoms with E-state index in [4.69, 9.17) is 4.74 Å². The summed E-state index contributed by atoms with van der Waals surface area (Å²) in [6.07, 6.45) is 4.29. The van der Waals surface area contributed by atoms with E-state index >= 15 is 0 Å². The molecule has 3 aliphatic heterocycles. The zero-order valence-electron chi connectivity index (χ0n) is 13.5. The maximum Gasteiger partial charge on any atom is 0.260 e. The fourth-order valence-corrected chi connectivity index (χ4v) is 4.56. The van der Waals surface area contributed by atoms with Crippen LogP contribution in [0.15, 0.2) is 0 Å². The molecule has 0 N–H and O–H groups in total. The molecule has 3 heterocycles. The SMILES string of the molecule is O=C([C@H]1CN(C(=O)C2(F)CCC2)C[C@H]2OCC[C@@H]12)N1CCCC1. The van der Waals surface area contributed by atoms with Gasteiger partial charge >= 0.3 is 0 Å². The average molecular weight is 324 g/mol. The van der Waals surface area contributed by atoms with Gasteiger partial charge in [0.05, 0.1) is 12.0 Å². The lowest BCUT2D eigenvalue weighted by Gasteiger charge is -2.44. The van der Waals surface area contributed by atoms with Crippen molar-refractivity contribution in [3.05, 3.63) is 0 Å². The van der Waals surface area contributed by atoms with Crippen LogP contribution in [0.3, 0.4) is 0 Å². The third-order valence-electron chi connectivity index (χ3n) is 6.15. The Morgan fingerprint density at radius 3 is 2.43 bits per heavy atom. The third kappa shape index (κ3) is 2.55. The molecule has 5 nitrogen and oxygen atoms in total. The Morgan fingerprint density at radius 1 is 1.04 bits per heavy atom. The number of carbonyl (C=O) groups excluding carboxylic acids is 2. The van der Waals surface area contributed by atoms with Crippen molar-refractivity contribution in [1.29, 1.82) is 0 Å². The molecule has 3 atom stereocenters. The second kappa shape index (κ2) is 5.72. The molecular formula is C17H25FN2O3. The van der Waals surface area contributed by atoms with Crippen molar-refractivity contribution < 1.29 is 18.7 Å². The van der Waals surface area contributed by atoms with Crippen LogP contribution in [0.5, 0.6) is 0 Å². The molecule has 23 heavy (non-hydrogen) atoms. The van der Waals surface area contributed by atoms with Gasteiger partial charge < -0.3 is 14.5 Å². The predicted octanol–water partition coefficient (Wildman–Crippen LogP) is 1.36. The van der Waals surface area contributed by atoms with E-state index in [1.807, 2.05) is 4.90 Å². The van der Waals surface area contributed by atoms with Crippen molar-refractivity contribution >= 4 is 11.8 Å². The maximum absolute atomic E-state index is 14.5. The molecule has 3 saturated heterocycles. The summed E-state index contributed by atoms with van der Waals surface area (Å²) in [5, 5.41) is 0. The second-order valence-electron chi connectivity index (χ2n) is 7.53. The lowest BCUT2D eigenvalue weighted by atomic mass is 9.78. The highest BCUT2D eigenvalue weighted by molar-refractivity contribution is 5.87. The van der Waals surface area contributed by atoms with Gasteiger partial charge in [0.25, 0.3) is 5.91 Å². The summed E-state index contributed by atoms with van der Waals surface area (Å²) in [5.74, 6) is -0.315. The summed E-state index contributed by atoms with van der Waals surface area (Å²) in [5.41, 5.74) is -1.69. The van der Waals surface area contributed by atoms with Gasteiger partial charge in [-0.25, -0.2) is 4.39 Å². The third-order valence-corrected chi connectivity index (χ3v) is 6.15. The normalized spacial score (nSPS) is 35.8. The van der Waals surface area contributed by atoms with E-state index < -0.39 is 11.6 Å². The summed E-state index contributed by atoms with van der Waals surface area (Å²) in [4.78, 5) is 28.9. The number of nitrogens with zero attached hydrogens (tertiary/aromatic N) is 2. The summed E-state index contributed by atoms with van der Waals surface area (Å²) in [6.45, 7) is 3.08. The van der Waals surface area contributed by atoms with Gasteiger partial charge in [-0.05, 0) is 38.5 Å². The van der Waals surface area contributed by atoms with Crippen LogP contribution in [0.1, 0.15) is 38.5 Å². The molecule has 0 aromatic carbocycles. The van der Waals surface area contributed by atoms with Crippen LogP contribution >= 0.6 is 0 Å². The molecule has 0 radical (unpaired) electrons. The van der Waals surface area contributed by atoms with Crippen LogP contribution in [-0.4, -0.2) is 66.2 Å². The Bertz CT molecular complexity index is 502. The molecular weight excluding hydrogens is 299 g/mol. The minimum Gasteiger partial charge on any atom is -0.376 e. The van der Waals surface area contributed by atoms with Gasteiger partial charge in [0.2, 0.25) is 5.91 Å². The molecule has 1 saturated carbocycles. The molecule has 4 fully saturated rings. The van der Waals surface area contributed by atoms with Gasteiger partial charge in [-0.15, -0.1) is 0 Å². The van der Waals surface area contributed by atoms with Crippen LogP contribution in [0, 0.1) is 11.8 Å². The molecule has 0 aromatic heterocycles. The molecule has 1 aliphatic carbocycles. The Hall–Kier alpha value is -1.17. The van der Waals surface area contributed by atoms with Crippen molar-refractivity contribution in [3.8, 4) is 0 Å². The van der Waals surface area contributed by atoms with Gasteiger partial charge in [0, 0.05) is 38.7 Å². The number of alkyl halides is 1. The predicted molar refractivity (Wildman–Crippen MR) is 81.4 cm³/mol. The highest BCUT2D eigenvalue weighted by Crippen LogP contribution is 2.41. The molecule has 0 unspecified atom stereocenters. The van der Waals surface area contributed by atoms with Gasteiger partial charge in [0.15, 0.2) is 5.67 Å². The molecule has 6 heteroatoms. The fraction of sp³-hybridized carbons (Fsp3) is 0.882. The number of halogens is 1. The summed E-state index contributed by atoms with van der Waals surface area (Å²) >= 11 is 0. The van der Waals surface area contributed by atoms with Crippen LogP contribution in [-0.2, 0) is 14.3 Å². The average Bonchev–Trinajstić information content (AvgIpc) is 3.20. The largest absolute Gasteiger partial charge is 0.376 e. The zero-order valence-corrected chi connectivity index (χ0v) is 13.5. The van der Waals surface area contributed by atoms with E-state index in [0.29, 0.717) is 32.5 Å². The summed E-state index contributed by atoms with van der Waals surface area (Å²) in [7, 11) is 0. The number of ether oxygens (including phenoxy) is 1. The minimum atomic E-state index is -1.69. The number of piperidine rings is 1. The Morgan fingerprint density at radius 2 is 1.78 bits per heavy atom. The van der Waals surface area contributed by atoms with Crippen molar-refractivity contribution in [2.75, 3.05) is 32.8 Å². The van der Waals surface area contributed by atoms with Crippen LogP contribution < -0.4 is 0 Å². The van der Waals surface area contributed by atoms with E-state index in [-0.39, 0.29) is 23.8 Å². The number of carbonyl (C=O) groups is 2. The van der Waals surface area contributed by atoms with E-state index in [9.17, 15) is 14.0 Å². The lowest BCUT2D eigenvalue weighted by Crippen LogP contribution is -2.59. The standard InChI is InChI=1S/C17H25FN2O3/c18-17(5-3-6-17)16(22)20-10-13(12-4-9-23-14(12)11-20)15(21)19-7-1-2-8-19/h12-14H,1-11H2/t12-,13-,14+/m0/s1. The fourth-order valence-electron chi connectivity index (χ4n) is 4.56. The van der Waals surface area contributed by atoms with Gasteiger partial charge in [-0.2, -0.15) is 0 Å². The van der Waals surface area contributed by atoms with Crippen LogP contribution in [0.2, 0.25) is 0 Å². The first-order valence-electron chi connectivity index (χ1n) is 8.97. The van der Waals surface area contributed by atoms with E-state index in [1.54, 1.807) is 4.90 Å². The maximum atomic E-state index is 14.5. The van der Waals surface area contributed by atoms with Gasteiger partial charge in [0.1, 0.15) is 0 Å². The first-order chi connectivity index (χ1) is 11.1. The summed E-state index contributed by atoms with van der Waals surface area (Å²) in [6, 6.07) is 0. The van der Waals surface area contributed by atoms with E-state index in [0.717, 1.165) is 38.8 Å². The Kier molecular flexibility index (Phi) is 3.82. The first kappa shape index (κ1) is 15.4. The summed E-state index contributed by atoms with van der Waals surface area (Å²) < 4.78 is 20.3. The number of rotatable bonds is 2. The number of hydrogen-bond donors (Lipinski definition) is 0. The Labute approximate surface area is 136 Å². The molecule has 128 valence electrons. The molecule has 0 aromatic rings. The Balaban J connectivity index is 1.52. The second-order valence-corrected chi connectivity index (χ2v) is 7.53.